The van der Waals surface area contributed by atoms with Crippen LogP contribution in [0.5, 0.6) is 5.75 Å². The molecule has 0 fully saturated rings. The van der Waals surface area contributed by atoms with E-state index in [0.717, 1.165) is 16.0 Å². The number of ether oxygens (including phenoxy) is 1. The van der Waals surface area contributed by atoms with E-state index in [1.807, 2.05) is 22.9 Å². The van der Waals surface area contributed by atoms with E-state index >= 15 is 0 Å². The zero-order valence-corrected chi connectivity index (χ0v) is 16.5. The van der Waals surface area contributed by atoms with Crippen LogP contribution in [0.1, 0.15) is 5.56 Å². The minimum absolute atomic E-state index is 0.219. The molecule has 0 atom stereocenters. The maximum Gasteiger partial charge on any atom is 0.331 e. The summed E-state index contributed by atoms with van der Waals surface area (Å²) in [6.45, 7) is 1.58. The molecule has 0 bridgehead atoms. The van der Waals surface area contributed by atoms with Crippen molar-refractivity contribution in [1.82, 2.24) is 9.55 Å². The van der Waals surface area contributed by atoms with Crippen LogP contribution in [0, 0.1) is 6.92 Å². The molecule has 0 unspecified atom stereocenters. The molecule has 3 heterocycles. The van der Waals surface area contributed by atoms with Gasteiger partial charge in [-0.25, -0.2) is 9.78 Å². The lowest BCUT2D eigenvalue weighted by atomic mass is 10.2. The van der Waals surface area contributed by atoms with Gasteiger partial charge >= 0.3 is 5.97 Å². The fourth-order valence-corrected chi connectivity index (χ4v) is 4.66. The highest BCUT2D eigenvalue weighted by Crippen LogP contribution is 2.33. The van der Waals surface area contributed by atoms with Gasteiger partial charge in [0.2, 0.25) is 0 Å². The van der Waals surface area contributed by atoms with Crippen molar-refractivity contribution in [2.45, 2.75) is 13.5 Å². The lowest BCUT2D eigenvalue weighted by molar-refractivity contribution is -0.135. The molecule has 0 spiro atoms. The first-order chi connectivity index (χ1) is 13.0. The molecule has 0 aliphatic heterocycles. The highest BCUT2D eigenvalue weighted by atomic mass is 35.5. The molecular weight excluding hydrogens is 404 g/mol. The molecule has 0 N–H and O–H groups in total. The summed E-state index contributed by atoms with van der Waals surface area (Å²) in [4.78, 5) is 31.2. The zero-order valence-electron chi connectivity index (χ0n) is 14.1. The largest absolute Gasteiger partial charge is 0.425 e. The predicted octanol–water partition coefficient (Wildman–Crippen LogP) is 4.75. The third kappa shape index (κ3) is 3.53. The van der Waals surface area contributed by atoms with E-state index in [-0.39, 0.29) is 12.1 Å². The van der Waals surface area contributed by atoms with Gasteiger partial charge in [-0.1, -0.05) is 17.7 Å². The molecule has 5 nitrogen and oxygen atoms in total. The van der Waals surface area contributed by atoms with E-state index in [9.17, 15) is 9.59 Å². The van der Waals surface area contributed by atoms with Gasteiger partial charge < -0.3 is 4.74 Å². The molecule has 1 aromatic carbocycles. The summed E-state index contributed by atoms with van der Waals surface area (Å²) in [5.74, 6) is -0.127. The first-order valence-electron chi connectivity index (χ1n) is 8.00. The summed E-state index contributed by atoms with van der Waals surface area (Å²) in [6.07, 6.45) is 1.38. The first kappa shape index (κ1) is 17.9. The van der Waals surface area contributed by atoms with Crippen molar-refractivity contribution < 1.29 is 9.53 Å². The van der Waals surface area contributed by atoms with Gasteiger partial charge in [0.15, 0.2) is 0 Å². The SMILES string of the molecule is Cc1cc(Cl)ccc1OC(=O)Cn1cnc2scc(-c3cccs3)c2c1=O. The minimum atomic E-state index is -0.545. The normalized spacial score (nSPS) is 11.0. The van der Waals surface area contributed by atoms with Gasteiger partial charge in [0.1, 0.15) is 17.1 Å². The molecule has 4 rings (SSSR count). The summed E-state index contributed by atoms with van der Waals surface area (Å²) in [6, 6.07) is 8.89. The van der Waals surface area contributed by atoms with Crippen LogP contribution in [0.4, 0.5) is 0 Å². The number of hydrogen-bond acceptors (Lipinski definition) is 6. The Labute approximate surface area is 167 Å². The van der Waals surface area contributed by atoms with Crippen molar-refractivity contribution in [2.24, 2.45) is 0 Å². The van der Waals surface area contributed by atoms with Crippen LogP contribution in [0.25, 0.3) is 20.7 Å². The maximum absolute atomic E-state index is 12.9. The number of esters is 1. The van der Waals surface area contributed by atoms with Crippen LogP contribution < -0.4 is 10.3 Å². The predicted molar refractivity (Wildman–Crippen MR) is 109 cm³/mol. The van der Waals surface area contributed by atoms with Gasteiger partial charge in [-0.2, -0.15) is 0 Å². The molecule has 136 valence electrons. The van der Waals surface area contributed by atoms with E-state index in [1.54, 1.807) is 36.5 Å². The van der Waals surface area contributed by atoms with Gasteiger partial charge in [0, 0.05) is 20.8 Å². The minimum Gasteiger partial charge on any atom is -0.425 e. The Kier molecular flexibility index (Phi) is 4.82. The Morgan fingerprint density at radius 1 is 1.30 bits per heavy atom. The summed E-state index contributed by atoms with van der Waals surface area (Å²) in [5.41, 5.74) is 1.34. The third-order valence-electron chi connectivity index (χ3n) is 4.01. The number of fused-ring (bicyclic) bond motifs is 1. The van der Waals surface area contributed by atoms with Gasteiger partial charge in [-0.3, -0.25) is 9.36 Å². The van der Waals surface area contributed by atoms with Crippen molar-refractivity contribution >= 4 is 50.5 Å². The number of carbonyl (C=O) groups excluding carboxylic acids is 1. The number of thiophene rings is 2. The van der Waals surface area contributed by atoms with Crippen molar-refractivity contribution in [3.63, 3.8) is 0 Å². The van der Waals surface area contributed by atoms with Crippen LogP contribution in [-0.4, -0.2) is 15.5 Å². The molecule has 3 aromatic heterocycles. The lowest BCUT2D eigenvalue weighted by Crippen LogP contribution is -2.26. The smallest absolute Gasteiger partial charge is 0.331 e. The monoisotopic (exact) mass is 416 g/mol. The molecular formula is C19H13ClN2O3S2. The van der Waals surface area contributed by atoms with E-state index in [2.05, 4.69) is 4.98 Å². The molecule has 0 saturated heterocycles. The Balaban J connectivity index is 1.64. The Bertz CT molecular complexity index is 1200. The topological polar surface area (TPSA) is 61.2 Å². The third-order valence-corrected chi connectivity index (χ3v) is 6.03. The number of aromatic nitrogens is 2. The highest BCUT2D eigenvalue weighted by molar-refractivity contribution is 7.18. The Hall–Kier alpha value is -2.48. The number of halogens is 1. The second-order valence-corrected chi connectivity index (χ2v) is 8.11. The van der Waals surface area contributed by atoms with Crippen LogP contribution in [-0.2, 0) is 11.3 Å². The van der Waals surface area contributed by atoms with Gasteiger partial charge in [-0.05, 0) is 42.1 Å². The zero-order chi connectivity index (χ0) is 19.0. The number of aryl methyl sites for hydroxylation is 1. The van der Waals surface area contributed by atoms with E-state index in [0.29, 0.717) is 21.0 Å². The van der Waals surface area contributed by atoms with E-state index in [4.69, 9.17) is 16.3 Å². The molecule has 0 radical (unpaired) electrons. The first-order valence-corrected chi connectivity index (χ1v) is 10.1. The number of rotatable bonds is 4. The number of carbonyl (C=O) groups is 1. The summed E-state index contributed by atoms with van der Waals surface area (Å²) >= 11 is 8.88. The summed E-state index contributed by atoms with van der Waals surface area (Å²) in [5, 5.41) is 4.97. The van der Waals surface area contributed by atoms with Crippen molar-refractivity contribution in [3.8, 4) is 16.2 Å². The maximum atomic E-state index is 12.9. The van der Waals surface area contributed by atoms with Crippen LogP contribution in [0.15, 0.2) is 52.2 Å². The lowest BCUT2D eigenvalue weighted by Gasteiger charge is -2.09. The van der Waals surface area contributed by atoms with Crippen LogP contribution >= 0.6 is 34.3 Å². The number of hydrogen-bond donors (Lipinski definition) is 0. The fraction of sp³-hybridized carbons (Fsp3) is 0.105. The van der Waals surface area contributed by atoms with Crippen LogP contribution in [0.2, 0.25) is 5.02 Å². The molecule has 0 aliphatic rings. The quantitative estimate of drug-likeness (QED) is 0.355. The van der Waals surface area contributed by atoms with Crippen LogP contribution in [0.3, 0.4) is 0 Å². The van der Waals surface area contributed by atoms with Crippen molar-refractivity contribution in [3.05, 3.63) is 68.4 Å². The average Bonchev–Trinajstić information content (AvgIpc) is 3.29. The molecule has 4 aromatic rings. The van der Waals surface area contributed by atoms with E-state index in [1.165, 1.54) is 22.2 Å². The highest BCUT2D eigenvalue weighted by Gasteiger charge is 2.16. The van der Waals surface area contributed by atoms with Gasteiger partial charge in [-0.15, -0.1) is 22.7 Å². The van der Waals surface area contributed by atoms with Gasteiger partial charge in [0.05, 0.1) is 11.7 Å². The van der Waals surface area contributed by atoms with E-state index < -0.39 is 5.97 Å². The second-order valence-electron chi connectivity index (χ2n) is 5.87. The second kappa shape index (κ2) is 7.26. The summed E-state index contributed by atoms with van der Waals surface area (Å²) in [7, 11) is 0. The fourth-order valence-electron chi connectivity index (χ4n) is 2.71. The standard InChI is InChI=1S/C19H13ClN2O3S2/c1-11-7-12(20)4-5-14(11)25-16(23)8-22-10-21-18-17(19(22)24)13(9-27-18)15-3-2-6-26-15/h2-7,9-10H,8H2,1H3. The average molecular weight is 417 g/mol. The Morgan fingerprint density at radius 2 is 2.15 bits per heavy atom. The van der Waals surface area contributed by atoms with Gasteiger partial charge in [0.25, 0.3) is 5.56 Å². The molecule has 0 saturated carbocycles. The molecule has 8 heteroatoms. The molecule has 27 heavy (non-hydrogen) atoms. The number of nitrogens with zero attached hydrogens (tertiary/aromatic N) is 2. The Morgan fingerprint density at radius 3 is 2.89 bits per heavy atom. The number of benzene rings is 1. The summed E-state index contributed by atoms with van der Waals surface area (Å²) < 4.78 is 6.65. The van der Waals surface area contributed by atoms with Crippen molar-refractivity contribution in [2.75, 3.05) is 0 Å². The molecule has 0 amide bonds. The molecule has 0 aliphatic carbocycles. The van der Waals surface area contributed by atoms with Crippen molar-refractivity contribution in [1.29, 1.82) is 0 Å².